The maximum atomic E-state index is 10.6. The molecule has 1 aromatic carbocycles. The number of halogens is 1. The Kier molecular flexibility index (Phi) is 6.12. The van der Waals surface area contributed by atoms with Gasteiger partial charge in [0.2, 0.25) is 0 Å². The van der Waals surface area contributed by atoms with Crippen LogP contribution in [0.2, 0.25) is 5.15 Å². The molecule has 0 unspecified atom stereocenters. The highest BCUT2D eigenvalue weighted by Gasteiger charge is 2.11. The van der Waals surface area contributed by atoms with E-state index in [1.807, 2.05) is 19.1 Å². The molecule has 1 heterocycles. The zero-order valence-corrected chi connectivity index (χ0v) is 14.3. The van der Waals surface area contributed by atoms with E-state index in [2.05, 4.69) is 4.98 Å². The summed E-state index contributed by atoms with van der Waals surface area (Å²) >= 11 is 7.37. The number of aromatic nitrogens is 1. The van der Waals surface area contributed by atoms with E-state index in [4.69, 9.17) is 26.2 Å². The third kappa shape index (κ3) is 5.04. The summed E-state index contributed by atoms with van der Waals surface area (Å²) in [6.07, 6.45) is 1.74. The van der Waals surface area contributed by atoms with E-state index >= 15 is 0 Å². The lowest BCUT2D eigenvalue weighted by Crippen LogP contribution is -2.10. The number of thioether (sulfide) groups is 1. The van der Waals surface area contributed by atoms with Crippen LogP contribution in [0.1, 0.15) is 11.1 Å². The molecule has 0 bridgehead atoms. The molecule has 0 aliphatic carbocycles. The number of rotatable bonds is 7. The number of aryl methyl sites for hydroxylation is 1. The largest absolute Gasteiger partial charge is 0.495 e. The Morgan fingerprint density at radius 1 is 1.35 bits per heavy atom. The SMILES string of the molecule is COc1cc(OCC(=O)O)c(C)cc1SCc1ccc(Cl)nc1. The number of carbonyl (C=O) groups is 1. The molecule has 0 aliphatic heterocycles. The lowest BCUT2D eigenvalue weighted by molar-refractivity contribution is -0.139. The number of pyridine rings is 1. The summed E-state index contributed by atoms with van der Waals surface area (Å²) in [7, 11) is 1.57. The number of nitrogens with zero attached hydrogens (tertiary/aromatic N) is 1. The van der Waals surface area contributed by atoms with Crippen molar-refractivity contribution in [2.24, 2.45) is 0 Å². The van der Waals surface area contributed by atoms with Crippen LogP contribution in [-0.4, -0.2) is 29.8 Å². The maximum absolute atomic E-state index is 10.6. The van der Waals surface area contributed by atoms with Gasteiger partial charge in [-0.3, -0.25) is 0 Å². The van der Waals surface area contributed by atoms with E-state index in [1.165, 1.54) is 0 Å². The molecule has 0 fully saturated rings. The zero-order chi connectivity index (χ0) is 16.8. The lowest BCUT2D eigenvalue weighted by atomic mass is 10.2. The highest BCUT2D eigenvalue weighted by atomic mass is 35.5. The molecule has 0 amide bonds. The quantitative estimate of drug-likeness (QED) is 0.603. The molecule has 23 heavy (non-hydrogen) atoms. The van der Waals surface area contributed by atoms with Gasteiger partial charge in [-0.15, -0.1) is 11.8 Å². The van der Waals surface area contributed by atoms with E-state index < -0.39 is 5.97 Å². The van der Waals surface area contributed by atoms with Crippen molar-refractivity contribution in [3.8, 4) is 11.5 Å². The van der Waals surface area contributed by atoms with Crippen LogP contribution in [0.4, 0.5) is 0 Å². The number of hydrogen-bond donors (Lipinski definition) is 1. The summed E-state index contributed by atoms with van der Waals surface area (Å²) in [6.45, 7) is 1.48. The second-order valence-electron chi connectivity index (χ2n) is 4.73. The molecular weight excluding hydrogens is 338 g/mol. The van der Waals surface area contributed by atoms with Crippen molar-refractivity contribution in [1.82, 2.24) is 4.98 Å². The number of aliphatic carboxylic acids is 1. The normalized spacial score (nSPS) is 10.4. The number of ether oxygens (including phenoxy) is 2. The van der Waals surface area contributed by atoms with Gasteiger partial charge in [0, 0.05) is 18.0 Å². The fourth-order valence-electron chi connectivity index (χ4n) is 1.86. The molecule has 5 nitrogen and oxygen atoms in total. The number of carboxylic acid groups (broad SMARTS) is 1. The Labute approximate surface area is 143 Å². The minimum absolute atomic E-state index is 0.382. The molecule has 0 saturated heterocycles. The molecule has 1 aromatic heterocycles. The van der Waals surface area contributed by atoms with Crippen molar-refractivity contribution in [2.45, 2.75) is 17.6 Å². The fraction of sp³-hybridized carbons (Fsp3) is 0.250. The highest BCUT2D eigenvalue weighted by Crippen LogP contribution is 2.36. The molecule has 1 N–H and O–H groups in total. The summed E-state index contributed by atoms with van der Waals surface area (Å²) in [6, 6.07) is 7.31. The van der Waals surface area contributed by atoms with Crippen LogP contribution < -0.4 is 9.47 Å². The van der Waals surface area contributed by atoms with E-state index in [0.29, 0.717) is 16.7 Å². The van der Waals surface area contributed by atoms with E-state index in [9.17, 15) is 4.79 Å². The zero-order valence-electron chi connectivity index (χ0n) is 12.7. The van der Waals surface area contributed by atoms with Crippen molar-refractivity contribution in [3.63, 3.8) is 0 Å². The average molecular weight is 354 g/mol. The summed E-state index contributed by atoms with van der Waals surface area (Å²) in [5, 5.41) is 9.17. The van der Waals surface area contributed by atoms with Gasteiger partial charge in [-0.25, -0.2) is 9.78 Å². The van der Waals surface area contributed by atoms with Gasteiger partial charge in [-0.05, 0) is 30.2 Å². The molecule has 0 radical (unpaired) electrons. The first-order chi connectivity index (χ1) is 11.0. The van der Waals surface area contributed by atoms with Crippen LogP contribution in [0.3, 0.4) is 0 Å². The maximum Gasteiger partial charge on any atom is 0.341 e. The molecular formula is C16H16ClNO4S. The van der Waals surface area contributed by atoms with E-state index in [1.54, 1.807) is 37.2 Å². The van der Waals surface area contributed by atoms with Crippen molar-refractivity contribution in [2.75, 3.05) is 13.7 Å². The van der Waals surface area contributed by atoms with Crippen molar-refractivity contribution in [3.05, 3.63) is 46.7 Å². The smallest absolute Gasteiger partial charge is 0.341 e. The molecule has 7 heteroatoms. The first kappa shape index (κ1) is 17.4. The Bertz CT molecular complexity index is 691. The third-order valence-corrected chi connectivity index (χ3v) is 4.33. The number of hydrogen-bond acceptors (Lipinski definition) is 5. The average Bonchev–Trinajstić information content (AvgIpc) is 2.53. The first-order valence-corrected chi connectivity index (χ1v) is 8.12. The molecule has 0 saturated carbocycles. The molecule has 0 spiro atoms. The predicted octanol–water partition coefficient (Wildman–Crippen LogP) is 3.81. The van der Waals surface area contributed by atoms with Gasteiger partial charge in [-0.1, -0.05) is 17.7 Å². The summed E-state index contributed by atoms with van der Waals surface area (Å²) in [5.74, 6) is 0.844. The Hall–Kier alpha value is -1.92. The van der Waals surface area contributed by atoms with Crippen LogP contribution >= 0.6 is 23.4 Å². The van der Waals surface area contributed by atoms with Gasteiger partial charge >= 0.3 is 5.97 Å². The summed E-state index contributed by atoms with van der Waals surface area (Å²) in [5.41, 5.74) is 1.90. The summed E-state index contributed by atoms with van der Waals surface area (Å²) < 4.78 is 10.6. The molecule has 0 atom stereocenters. The third-order valence-electron chi connectivity index (χ3n) is 3.00. The topological polar surface area (TPSA) is 68.7 Å². The number of methoxy groups -OCH3 is 1. The van der Waals surface area contributed by atoms with Gasteiger partial charge < -0.3 is 14.6 Å². The van der Waals surface area contributed by atoms with E-state index in [0.717, 1.165) is 21.8 Å². The van der Waals surface area contributed by atoms with Crippen LogP contribution in [-0.2, 0) is 10.5 Å². The van der Waals surface area contributed by atoms with Crippen LogP contribution in [0, 0.1) is 6.92 Å². The first-order valence-electron chi connectivity index (χ1n) is 6.76. The van der Waals surface area contributed by atoms with E-state index in [-0.39, 0.29) is 6.61 Å². The van der Waals surface area contributed by atoms with Gasteiger partial charge in [0.15, 0.2) is 6.61 Å². The van der Waals surface area contributed by atoms with Gasteiger partial charge in [-0.2, -0.15) is 0 Å². The van der Waals surface area contributed by atoms with Crippen LogP contribution in [0.15, 0.2) is 35.4 Å². The fourth-order valence-corrected chi connectivity index (χ4v) is 3.01. The van der Waals surface area contributed by atoms with Crippen LogP contribution in [0.25, 0.3) is 0 Å². The summed E-state index contributed by atoms with van der Waals surface area (Å²) in [4.78, 5) is 15.6. The molecule has 122 valence electrons. The minimum Gasteiger partial charge on any atom is -0.495 e. The Morgan fingerprint density at radius 3 is 2.74 bits per heavy atom. The van der Waals surface area contributed by atoms with Crippen molar-refractivity contribution < 1.29 is 19.4 Å². The van der Waals surface area contributed by atoms with Crippen molar-refractivity contribution in [1.29, 1.82) is 0 Å². The number of carboxylic acids is 1. The highest BCUT2D eigenvalue weighted by molar-refractivity contribution is 7.98. The standard InChI is InChI=1S/C16H16ClNO4S/c1-10-5-14(23-9-11-3-4-15(17)18-7-11)13(21-2)6-12(10)22-8-16(19)20/h3-7H,8-9H2,1-2H3,(H,19,20). The monoisotopic (exact) mass is 353 g/mol. The predicted molar refractivity (Wildman–Crippen MR) is 89.7 cm³/mol. The Balaban J connectivity index is 2.13. The minimum atomic E-state index is -1.02. The lowest BCUT2D eigenvalue weighted by Gasteiger charge is -2.13. The van der Waals surface area contributed by atoms with Gasteiger partial charge in [0.05, 0.1) is 12.0 Å². The number of benzene rings is 1. The second-order valence-corrected chi connectivity index (χ2v) is 6.13. The van der Waals surface area contributed by atoms with Crippen molar-refractivity contribution >= 4 is 29.3 Å². The second kappa shape index (κ2) is 8.08. The molecule has 2 aromatic rings. The molecule has 2 rings (SSSR count). The van der Waals surface area contributed by atoms with Crippen LogP contribution in [0.5, 0.6) is 11.5 Å². The Morgan fingerprint density at radius 2 is 2.13 bits per heavy atom. The van der Waals surface area contributed by atoms with Gasteiger partial charge in [0.1, 0.15) is 16.7 Å². The molecule has 0 aliphatic rings. The van der Waals surface area contributed by atoms with Gasteiger partial charge in [0.25, 0.3) is 0 Å².